The van der Waals surface area contributed by atoms with Gasteiger partial charge in [0.1, 0.15) is 16.7 Å². The summed E-state index contributed by atoms with van der Waals surface area (Å²) in [5.74, 6) is 6.66. The second-order valence-corrected chi connectivity index (χ2v) is 12.5. The number of carbonyl (C=O) groups is 1. The van der Waals surface area contributed by atoms with Crippen LogP contribution in [0.15, 0.2) is 23.1 Å². The number of carbonyl (C=O) groups excluding carboxylic acids is 1. The van der Waals surface area contributed by atoms with E-state index in [1.54, 1.807) is 31.0 Å². The van der Waals surface area contributed by atoms with Crippen LogP contribution < -0.4 is 10.1 Å². The SMILES string of the molecule is CC(C)CC#Cc1ccc2c(c1)O[C@H](CN(C)C(=O)NC1CCCC1)[C@@H](C)CN([C@H](C)CO)S2(=O)=O. The van der Waals surface area contributed by atoms with Gasteiger partial charge in [-0.25, -0.2) is 13.2 Å². The van der Waals surface area contributed by atoms with E-state index < -0.39 is 22.2 Å². The van der Waals surface area contributed by atoms with Crippen LogP contribution in [0.25, 0.3) is 0 Å². The molecule has 0 bridgehead atoms. The number of rotatable bonds is 6. The van der Waals surface area contributed by atoms with Crippen LogP contribution in [0.1, 0.15) is 65.4 Å². The molecule has 36 heavy (non-hydrogen) atoms. The van der Waals surface area contributed by atoms with Crippen LogP contribution in [0.2, 0.25) is 0 Å². The van der Waals surface area contributed by atoms with Crippen molar-refractivity contribution < 1.29 is 23.1 Å². The van der Waals surface area contributed by atoms with Crippen LogP contribution in [0.3, 0.4) is 0 Å². The highest BCUT2D eigenvalue weighted by Crippen LogP contribution is 2.34. The van der Waals surface area contributed by atoms with E-state index in [0.29, 0.717) is 18.0 Å². The molecule has 2 aliphatic rings. The molecule has 0 unspecified atom stereocenters. The molecular formula is C27H41N3O5S. The Hall–Kier alpha value is -2.28. The normalized spacial score (nSPS) is 23.0. The first-order valence-electron chi connectivity index (χ1n) is 13.0. The molecule has 2 N–H and O–H groups in total. The highest BCUT2D eigenvalue weighted by Gasteiger charge is 2.38. The van der Waals surface area contributed by atoms with Gasteiger partial charge in [0.05, 0.1) is 13.2 Å². The fourth-order valence-electron chi connectivity index (χ4n) is 4.59. The van der Waals surface area contributed by atoms with Gasteiger partial charge in [-0.05, 0) is 43.9 Å². The van der Waals surface area contributed by atoms with Gasteiger partial charge in [0.25, 0.3) is 0 Å². The van der Waals surface area contributed by atoms with E-state index in [1.165, 1.54) is 10.4 Å². The number of ether oxygens (including phenoxy) is 1. The minimum Gasteiger partial charge on any atom is -0.487 e. The lowest BCUT2D eigenvalue weighted by atomic mass is 10.0. The number of nitrogens with zero attached hydrogens (tertiary/aromatic N) is 2. The van der Waals surface area contributed by atoms with Crippen molar-refractivity contribution in [1.82, 2.24) is 14.5 Å². The quantitative estimate of drug-likeness (QED) is 0.561. The zero-order valence-electron chi connectivity index (χ0n) is 22.2. The number of hydrogen-bond acceptors (Lipinski definition) is 5. The number of benzene rings is 1. The van der Waals surface area contributed by atoms with Gasteiger partial charge in [0.15, 0.2) is 0 Å². The molecule has 3 atom stereocenters. The van der Waals surface area contributed by atoms with Crippen LogP contribution >= 0.6 is 0 Å². The summed E-state index contributed by atoms with van der Waals surface area (Å²) >= 11 is 0. The number of fused-ring (bicyclic) bond motifs is 1. The van der Waals surface area contributed by atoms with Crippen molar-refractivity contribution in [2.75, 3.05) is 26.7 Å². The molecule has 0 spiro atoms. The van der Waals surface area contributed by atoms with Gasteiger partial charge in [-0.1, -0.05) is 45.5 Å². The fraction of sp³-hybridized carbons (Fsp3) is 0.667. The third-order valence-corrected chi connectivity index (χ3v) is 8.91. The maximum Gasteiger partial charge on any atom is 0.317 e. The summed E-state index contributed by atoms with van der Waals surface area (Å²) in [7, 11) is -2.18. The van der Waals surface area contributed by atoms with Gasteiger partial charge in [0, 0.05) is 43.6 Å². The van der Waals surface area contributed by atoms with Crippen molar-refractivity contribution in [3.05, 3.63) is 23.8 Å². The summed E-state index contributed by atoms with van der Waals surface area (Å²) in [5.41, 5.74) is 0.672. The van der Waals surface area contributed by atoms with Gasteiger partial charge in [-0.2, -0.15) is 4.31 Å². The van der Waals surface area contributed by atoms with E-state index in [0.717, 1.165) is 32.1 Å². The van der Waals surface area contributed by atoms with Gasteiger partial charge >= 0.3 is 6.03 Å². The second-order valence-electron chi connectivity index (χ2n) is 10.6. The van der Waals surface area contributed by atoms with Crippen molar-refractivity contribution in [3.8, 4) is 17.6 Å². The molecule has 9 heteroatoms. The molecule has 1 aliphatic heterocycles. The smallest absolute Gasteiger partial charge is 0.317 e. The zero-order valence-corrected chi connectivity index (χ0v) is 23.0. The van der Waals surface area contributed by atoms with E-state index in [-0.39, 0.29) is 41.8 Å². The zero-order chi connectivity index (χ0) is 26.5. The van der Waals surface area contributed by atoms with E-state index >= 15 is 0 Å². The predicted octanol–water partition coefficient (Wildman–Crippen LogP) is 3.44. The fourth-order valence-corrected chi connectivity index (χ4v) is 6.41. The molecule has 2 amide bonds. The lowest BCUT2D eigenvalue weighted by molar-refractivity contribution is 0.0808. The molecule has 1 aromatic rings. The van der Waals surface area contributed by atoms with Gasteiger partial charge in [0.2, 0.25) is 10.0 Å². The average Bonchev–Trinajstić information content (AvgIpc) is 3.33. The number of nitrogens with one attached hydrogen (secondary N) is 1. The topological polar surface area (TPSA) is 99.2 Å². The summed E-state index contributed by atoms with van der Waals surface area (Å²) in [4.78, 5) is 14.5. The highest BCUT2D eigenvalue weighted by atomic mass is 32.2. The second kappa shape index (κ2) is 12.3. The molecule has 8 nitrogen and oxygen atoms in total. The summed E-state index contributed by atoms with van der Waals surface area (Å²) < 4.78 is 34.9. The Kier molecular flexibility index (Phi) is 9.67. The molecule has 0 radical (unpaired) electrons. The summed E-state index contributed by atoms with van der Waals surface area (Å²) in [6.07, 6.45) is 4.53. The maximum absolute atomic E-state index is 13.6. The van der Waals surface area contributed by atoms with Crippen LogP contribution in [0.4, 0.5) is 4.79 Å². The summed E-state index contributed by atoms with van der Waals surface area (Å²) in [6.45, 7) is 7.95. The average molecular weight is 520 g/mol. The number of likely N-dealkylation sites (N-methyl/N-ethyl adjacent to an activating group) is 1. The molecule has 3 rings (SSSR count). The van der Waals surface area contributed by atoms with Crippen molar-refractivity contribution in [3.63, 3.8) is 0 Å². The van der Waals surface area contributed by atoms with E-state index in [9.17, 15) is 18.3 Å². The maximum atomic E-state index is 13.6. The van der Waals surface area contributed by atoms with Crippen molar-refractivity contribution in [2.24, 2.45) is 11.8 Å². The number of sulfonamides is 1. The van der Waals surface area contributed by atoms with Crippen molar-refractivity contribution in [2.45, 2.75) is 82.9 Å². The number of hydrogen-bond donors (Lipinski definition) is 2. The lowest BCUT2D eigenvalue weighted by Gasteiger charge is -2.37. The number of aliphatic hydroxyl groups is 1. The van der Waals surface area contributed by atoms with Crippen molar-refractivity contribution >= 4 is 16.1 Å². The molecule has 1 heterocycles. The Morgan fingerprint density at radius 3 is 2.61 bits per heavy atom. The Morgan fingerprint density at radius 2 is 1.97 bits per heavy atom. The van der Waals surface area contributed by atoms with E-state index in [1.807, 2.05) is 6.92 Å². The van der Waals surface area contributed by atoms with Crippen LogP contribution in [0, 0.1) is 23.7 Å². The Morgan fingerprint density at radius 1 is 1.28 bits per heavy atom. The molecule has 1 aromatic carbocycles. The molecule has 1 saturated carbocycles. The summed E-state index contributed by atoms with van der Waals surface area (Å²) in [5, 5.41) is 12.9. The van der Waals surface area contributed by atoms with Gasteiger partial charge < -0.3 is 20.1 Å². The van der Waals surface area contributed by atoms with Gasteiger partial charge in [-0.3, -0.25) is 0 Å². The third-order valence-electron chi connectivity index (χ3n) is 6.89. The number of urea groups is 1. The first kappa shape index (κ1) is 28.3. The molecule has 200 valence electrons. The van der Waals surface area contributed by atoms with E-state index in [2.05, 4.69) is 31.0 Å². The molecule has 1 aliphatic carbocycles. The first-order valence-corrected chi connectivity index (χ1v) is 14.4. The number of amides is 2. The minimum atomic E-state index is -3.91. The Bertz CT molecular complexity index is 1070. The molecule has 0 aromatic heterocycles. The van der Waals surface area contributed by atoms with E-state index in [4.69, 9.17) is 4.74 Å². The highest BCUT2D eigenvalue weighted by molar-refractivity contribution is 7.89. The predicted molar refractivity (Wildman–Crippen MR) is 140 cm³/mol. The van der Waals surface area contributed by atoms with Crippen LogP contribution in [-0.2, 0) is 10.0 Å². The van der Waals surface area contributed by atoms with Gasteiger partial charge in [-0.15, -0.1) is 0 Å². The Balaban J connectivity index is 1.93. The first-order chi connectivity index (χ1) is 17.0. The molecular weight excluding hydrogens is 478 g/mol. The molecule has 0 saturated heterocycles. The van der Waals surface area contributed by atoms with Crippen molar-refractivity contribution in [1.29, 1.82) is 0 Å². The Labute approximate surface area is 216 Å². The minimum absolute atomic E-state index is 0.0483. The monoisotopic (exact) mass is 519 g/mol. The largest absolute Gasteiger partial charge is 0.487 e. The van der Waals surface area contributed by atoms with Crippen LogP contribution in [0.5, 0.6) is 5.75 Å². The van der Waals surface area contributed by atoms with Crippen LogP contribution in [-0.4, -0.2) is 73.7 Å². The lowest BCUT2D eigenvalue weighted by Crippen LogP contribution is -2.51. The number of aliphatic hydroxyl groups excluding tert-OH is 1. The summed E-state index contributed by atoms with van der Waals surface area (Å²) in [6, 6.07) is 4.35. The standard InChI is InChI=1S/C27H41N3O5S/c1-19(2)9-8-10-22-13-14-26-24(15-22)35-25(17-29(5)27(32)28-23-11-6-7-12-23)20(3)16-30(21(4)18-31)36(26,33)34/h13-15,19-21,23,25,31H,6-7,9,11-12,16-18H2,1-5H3,(H,28,32)/t20-,21+,25+/m0/s1. The molecule has 1 fully saturated rings. The third kappa shape index (κ3) is 6.93.